The highest BCUT2D eigenvalue weighted by Crippen LogP contribution is 2.39. The van der Waals surface area contributed by atoms with Gasteiger partial charge in [-0.3, -0.25) is 9.36 Å². The zero-order valence-electron chi connectivity index (χ0n) is 17.2. The number of hydrogen-bond donors (Lipinski definition) is 2. The van der Waals surface area contributed by atoms with Gasteiger partial charge < -0.3 is 10.6 Å². The Hall–Kier alpha value is -3.93. The highest BCUT2D eigenvalue weighted by molar-refractivity contribution is 6.06. The normalized spacial score (nSPS) is 15.5. The van der Waals surface area contributed by atoms with E-state index in [1.54, 1.807) is 6.07 Å². The summed E-state index contributed by atoms with van der Waals surface area (Å²) in [6, 6.07) is 21.2. The highest BCUT2D eigenvalue weighted by atomic mass is 19.1. The fourth-order valence-electron chi connectivity index (χ4n) is 4.09. The zero-order valence-corrected chi connectivity index (χ0v) is 17.2. The summed E-state index contributed by atoms with van der Waals surface area (Å²) in [5, 5.41) is 6.26. The van der Waals surface area contributed by atoms with Crippen molar-refractivity contribution in [2.45, 2.75) is 19.9 Å². The molecule has 2 heterocycles. The molecule has 3 aromatic carbocycles. The van der Waals surface area contributed by atoms with Crippen molar-refractivity contribution in [1.29, 1.82) is 0 Å². The molecule has 0 fully saturated rings. The van der Waals surface area contributed by atoms with Crippen molar-refractivity contribution in [3.05, 3.63) is 101 Å². The Morgan fingerprint density at radius 1 is 1.03 bits per heavy atom. The van der Waals surface area contributed by atoms with Gasteiger partial charge in [0.15, 0.2) is 0 Å². The second-order valence-corrected chi connectivity index (χ2v) is 7.74. The topological polar surface area (TPSA) is 59.0 Å². The number of aromatic nitrogens is 2. The highest BCUT2D eigenvalue weighted by Gasteiger charge is 2.34. The van der Waals surface area contributed by atoms with Crippen molar-refractivity contribution < 1.29 is 9.18 Å². The molecule has 0 bridgehead atoms. The van der Waals surface area contributed by atoms with Gasteiger partial charge in [0.05, 0.1) is 22.6 Å². The van der Waals surface area contributed by atoms with E-state index >= 15 is 0 Å². The summed E-state index contributed by atoms with van der Waals surface area (Å²) in [6.07, 6.45) is 0. The quantitative estimate of drug-likeness (QED) is 0.473. The van der Waals surface area contributed by atoms with E-state index in [1.807, 2.05) is 73.0 Å². The third kappa shape index (κ3) is 3.36. The van der Waals surface area contributed by atoms with E-state index in [-0.39, 0.29) is 11.7 Å². The van der Waals surface area contributed by atoms with Crippen LogP contribution in [-0.2, 0) is 4.79 Å². The third-order valence-electron chi connectivity index (χ3n) is 5.55. The largest absolute Gasteiger partial charge is 0.329 e. The summed E-state index contributed by atoms with van der Waals surface area (Å²) in [5.41, 5.74) is 5.37. The molecule has 5 nitrogen and oxygen atoms in total. The minimum Gasteiger partial charge on any atom is -0.329 e. The van der Waals surface area contributed by atoms with Gasteiger partial charge in [0.2, 0.25) is 5.95 Å². The molecule has 1 atom stereocenters. The Balaban J connectivity index is 1.66. The summed E-state index contributed by atoms with van der Waals surface area (Å²) in [7, 11) is 0. The number of fused-ring (bicyclic) bond motifs is 3. The van der Waals surface area contributed by atoms with Crippen molar-refractivity contribution in [2.75, 3.05) is 10.6 Å². The number of aryl methyl sites for hydroxylation is 1. The van der Waals surface area contributed by atoms with Crippen LogP contribution in [0.25, 0.3) is 11.0 Å². The van der Waals surface area contributed by atoms with Crippen LogP contribution in [0.15, 0.2) is 84.1 Å². The summed E-state index contributed by atoms with van der Waals surface area (Å²) < 4.78 is 16.2. The average molecular weight is 412 g/mol. The number of nitrogens with one attached hydrogen (secondary N) is 2. The van der Waals surface area contributed by atoms with E-state index in [9.17, 15) is 9.18 Å². The standard InChI is InChI=1S/C25H21FN4O/c1-15-10-12-19(13-11-15)28-24(31)22-16(2)27-25-29-20-8-3-4-9-21(20)30(25)23(22)17-6-5-7-18(26)14-17/h3-14,23H,1-2H3,(H,27,29)(H,28,31). The van der Waals surface area contributed by atoms with Gasteiger partial charge in [0, 0.05) is 11.4 Å². The molecule has 0 spiro atoms. The molecular weight excluding hydrogens is 391 g/mol. The molecule has 0 radical (unpaired) electrons. The first-order chi connectivity index (χ1) is 15.0. The molecule has 1 amide bonds. The molecule has 4 aromatic rings. The van der Waals surface area contributed by atoms with E-state index in [1.165, 1.54) is 12.1 Å². The monoisotopic (exact) mass is 412 g/mol. The fraction of sp³-hybridized carbons (Fsp3) is 0.120. The number of para-hydroxylation sites is 2. The van der Waals surface area contributed by atoms with E-state index in [4.69, 9.17) is 0 Å². The molecule has 0 saturated heterocycles. The lowest BCUT2D eigenvalue weighted by molar-refractivity contribution is -0.113. The number of carbonyl (C=O) groups excluding carboxylic acids is 1. The SMILES string of the molecule is CC1=C(C(=O)Nc2ccc(C)cc2)C(c2cccc(F)c2)n2c(nc3ccccc32)N1. The van der Waals surface area contributed by atoms with Crippen LogP contribution in [0.1, 0.15) is 24.1 Å². The molecule has 5 rings (SSSR count). The Morgan fingerprint density at radius 2 is 1.81 bits per heavy atom. The first kappa shape index (κ1) is 19.1. The maximum Gasteiger partial charge on any atom is 0.255 e. The summed E-state index contributed by atoms with van der Waals surface area (Å²) in [4.78, 5) is 18.1. The molecule has 0 aliphatic carbocycles. The predicted molar refractivity (Wildman–Crippen MR) is 120 cm³/mol. The number of imidazole rings is 1. The minimum atomic E-state index is -0.523. The number of carbonyl (C=O) groups is 1. The first-order valence-electron chi connectivity index (χ1n) is 10.1. The summed E-state index contributed by atoms with van der Waals surface area (Å²) in [5.74, 6) is 0.0318. The van der Waals surface area contributed by atoms with Gasteiger partial charge in [-0.25, -0.2) is 9.37 Å². The zero-order chi connectivity index (χ0) is 21.5. The lowest BCUT2D eigenvalue weighted by Gasteiger charge is -2.30. The van der Waals surface area contributed by atoms with Crippen LogP contribution in [0.2, 0.25) is 0 Å². The van der Waals surface area contributed by atoms with E-state index in [0.29, 0.717) is 28.5 Å². The Kier molecular flexibility index (Phi) is 4.55. The van der Waals surface area contributed by atoms with E-state index in [0.717, 1.165) is 16.6 Å². The summed E-state index contributed by atoms with van der Waals surface area (Å²) >= 11 is 0. The molecule has 154 valence electrons. The molecule has 2 N–H and O–H groups in total. The molecule has 1 aromatic heterocycles. The smallest absolute Gasteiger partial charge is 0.255 e. The number of anilines is 2. The molecule has 31 heavy (non-hydrogen) atoms. The number of hydrogen-bond acceptors (Lipinski definition) is 3. The fourth-order valence-corrected chi connectivity index (χ4v) is 4.09. The number of rotatable bonds is 3. The van der Waals surface area contributed by atoms with Crippen molar-refractivity contribution in [1.82, 2.24) is 9.55 Å². The lowest BCUT2D eigenvalue weighted by atomic mass is 9.94. The third-order valence-corrected chi connectivity index (χ3v) is 5.55. The molecule has 1 aliphatic rings. The van der Waals surface area contributed by atoms with Crippen LogP contribution < -0.4 is 10.6 Å². The van der Waals surface area contributed by atoms with Gasteiger partial charge in [0.1, 0.15) is 5.82 Å². The first-order valence-corrected chi connectivity index (χ1v) is 10.1. The lowest BCUT2D eigenvalue weighted by Crippen LogP contribution is -2.31. The average Bonchev–Trinajstić information content (AvgIpc) is 3.12. The number of amides is 1. The van der Waals surface area contributed by atoms with Crippen LogP contribution in [0.3, 0.4) is 0 Å². The van der Waals surface area contributed by atoms with E-state index < -0.39 is 6.04 Å². The van der Waals surface area contributed by atoms with Crippen LogP contribution in [0, 0.1) is 12.7 Å². The molecule has 1 aliphatic heterocycles. The second kappa shape index (κ2) is 7.40. The van der Waals surface area contributed by atoms with Crippen LogP contribution in [0.4, 0.5) is 16.0 Å². The Morgan fingerprint density at radius 3 is 2.58 bits per heavy atom. The molecule has 6 heteroatoms. The van der Waals surface area contributed by atoms with Crippen molar-refractivity contribution in [3.8, 4) is 0 Å². The maximum atomic E-state index is 14.2. The maximum absolute atomic E-state index is 14.2. The number of benzene rings is 3. The van der Waals surface area contributed by atoms with Gasteiger partial charge in [-0.1, -0.05) is 42.0 Å². The van der Waals surface area contributed by atoms with Crippen LogP contribution in [-0.4, -0.2) is 15.5 Å². The molecule has 1 unspecified atom stereocenters. The predicted octanol–water partition coefficient (Wildman–Crippen LogP) is 5.41. The van der Waals surface area contributed by atoms with Crippen molar-refractivity contribution >= 4 is 28.6 Å². The number of halogens is 1. The van der Waals surface area contributed by atoms with Gasteiger partial charge in [0.25, 0.3) is 5.91 Å². The van der Waals surface area contributed by atoms with E-state index in [2.05, 4.69) is 15.6 Å². The van der Waals surface area contributed by atoms with Crippen molar-refractivity contribution in [2.24, 2.45) is 0 Å². The van der Waals surface area contributed by atoms with Crippen molar-refractivity contribution in [3.63, 3.8) is 0 Å². The Bertz CT molecular complexity index is 1340. The van der Waals surface area contributed by atoms with Crippen LogP contribution >= 0.6 is 0 Å². The van der Waals surface area contributed by atoms with Gasteiger partial charge in [-0.05, 0) is 55.8 Å². The van der Waals surface area contributed by atoms with Gasteiger partial charge in [-0.15, -0.1) is 0 Å². The van der Waals surface area contributed by atoms with Gasteiger partial charge >= 0.3 is 0 Å². The number of allylic oxidation sites excluding steroid dienone is 1. The molecular formula is C25H21FN4O. The number of nitrogens with zero attached hydrogens (tertiary/aromatic N) is 2. The molecule has 0 saturated carbocycles. The van der Waals surface area contributed by atoms with Gasteiger partial charge in [-0.2, -0.15) is 0 Å². The minimum absolute atomic E-state index is 0.244. The Labute approximate surface area is 179 Å². The van der Waals surface area contributed by atoms with Crippen LogP contribution in [0.5, 0.6) is 0 Å². The summed E-state index contributed by atoms with van der Waals surface area (Å²) in [6.45, 7) is 3.84. The second-order valence-electron chi connectivity index (χ2n) is 7.74.